The van der Waals surface area contributed by atoms with Gasteiger partial charge in [0.05, 0.1) is 12.1 Å². The zero-order chi connectivity index (χ0) is 30.3. The van der Waals surface area contributed by atoms with Crippen LogP contribution >= 0.6 is 0 Å². The van der Waals surface area contributed by atoms with Crippen LogP contribution in [-0.4, -0.2) is 34.7 Å². The quantitative estimate of drug-likeness (QED) is 0.271. The summed E-state index contributed by atoms with van der Waals surface area (Å²) in [6.45, 7) is 26.0. The summed E-state index contributed by atoms with van der Waals surface area (Å²) in [7, 11) is 0. The number of phenols is 2. The molecule has 1 radical (unpaired) electrons. The first-order chi connectivity index (χ1) is 18.2. The fourth-order valence-electron chi connectivity index (χ4n) is 5.31. The largest absolute Gasteiger partial charge is 0.507 e. The summed E-state index contributed by atoms with van der Waals surface area (Å²) in [5.41, 5.74) is 5.39. The fraction of sp³-hybridized carbons (Fsp3) is 0.611. The average molecular weight is 602 g/mol. The van der Waals surface area contributed by atoms with E-state index in [9.17, 15) is 10.2 Å². The Morgan fingerprint density at radius 1 is 0.561 bits per heavy atom. The summed E-state index contributed by atoms with van der Waals surface area (Å²) in [4.78, 5) is 10.1. The first-order valence-corrected chi connectivity index (χ1v) is 15.0. The molecule has 2 unspecified atom stereocenters. The van der Waals surface area contributed by atoms with Crippen LogP contribution < -0.4 is 0 Å². The summed E-state index contributed by atoms with van der Waals surface area (Å²) in [6, 6.07) is 8.53. The molecule has 0 amide bonds. The van der Waals surface area contributed by atoms with E-state index in [1.165, 1.54) is 11.1 Å². The van der Waals surface area contributed by atoms with E-state index in [1.807, 2.05) is 12.4 Å². The molecule has 0 aliphatic heterocycles. The number of hydrogen-bond acceptors (Lipinski definition) is 4. The van der Waals surface area contributed by atoms with Gasteiger partial charge in [-0.05, 0) is 57.8 Å². The van der Waals surface area contributed by atoms with E-state index in [0.717, 1.165) is 47.9 Å². The number of benzene rings is 2. The van der Waals surface area contributed by atoms with E-state index in [-0.39, 0.29) is 50.8 Å². The Morgan fingerprint density at radius 2 is 0.878 bits per heavy atom. The average Bonchev–Trinajstić information content (AvgIpc) is 2.80. The molecule has 5 heteroatoms. The van der Waals surface area contributed by atoms with E-state index in [2.05, 4.69) is 107 Å². The van der Waals surface area contributed by atoms with Gasteiger partial charge in [0, 0.05) is 51.8 Å². The van der Waals surface area contributed by atoms with Crippen molar-refractivity contribution in [2.24, 2.45) is 9.98 Å². The molecule has 1 aliphatic carbocycles. The second-order valence-corrected chi connectivity index (χ2v) is 15.9. The summed E-state index contributed by atoms with van der Waals surface area (Å²) in [5, 5.41) is 22.5. The molecule has 4 nitrogen and oxygen atoms in total. The number of phenolic OH excluding ortho intramolecular Hbond substituents is 2. The summed E-state index contributed by atoms with van der Waals surface area (Å²) in [6.07, 6.45) is 7.90. The molecule has 1 saturated carbocycles. The minimum Gasteiger partial charge on any atom is -0.507 e. The molecule has 1 fully saturated rings. The van der Waals surface area contributed by atoms with Crippen LogP contribution in [0.3, 0.4) is 0 Å². The topological polar surface area (TPSA) is 65.2 Å². The Kier molecular flexibility index (Phi) is 10.8. The number of hydrogen-bond donors (Lipinski definition) is 2. The van der Waals surface area contributed by atoms with Crippen molar-refractivity contribution in [2.75, 3.05) is 0 Å². The van der Waals surface area contributed by atoms with Crippen LogP contribution in [0, 0.1) is 0 Å². The van der Waals surface area contributed by atoms with Crippen molar-refractivity contribution in [1.29, 1.82) is 0 Å². The third kappa shape index (κ3) is 8.71. The van der Waals surface area contributed by atoms with Gasteiger partial charge < -0.3 is 10.2 Å². The van der Waals surface area contributed by atoms with Crippen LogP contribution in [0.15, 0.2) is 34.3 Å². The molecule has 0 spiro atoms. The second kappa shape index (κ2) is 12.6. The number of nitrogens with zero attached hydrogens (tertiary/aromatic N) is 2. The maximum Gasteiger partial charge on any atom is 0.128 e. The van der Waals surface area contributed by atoms with Gasteiger partial charge in [-0.3, -0.25) is 9.98 Å². The van der Waals surface area contributed by atoms with Gasteiger partial charge in [-0.2, -0.15) is 0 Å². The number of aromatic hydroxyl groups is 2. The van der Waals surface area contributed by atoms with Gasteiger partial charge in [-0.25, -0.2) is 0 Å². The van der Waals surface area contributed by atoms with E-state index < -0.39 is 0 Å². The SMILES string of the molecule is CC(C)(C)c1cc(C=NC2CCCCC2N=Cc2cc(C(C)(C)C)cc(C(C)(C)C)c2O)c(O)c(C(C)(C)C)c1.[Mn]. The normalized spacial score (nSPS) is 19.1. The molecule has 0 heterocycles. The van der Waals surface area contributed by atoms with Crippen LogP contribution in [0.1, 0.15) is 142 Å². The molecule has 2 N–H and O–H groups in total. The molecule has 2 atom stereocenters. The Labute approximate surface area is 260 Å². The Bertz CT molecular complexity index is 1170. The molecule has 3 rings (SSSR count). The molecule has 0 bridgehead atoms. The van der Waals surface area contributed by atoms with Crippen molar-refractivity contribution in [1.82, 2.24) is 0 Å². The van der Waals surface area contributed by atoms with Crippen LogP contribution in [0.5, 0.6) is 11.5 Å². The third-order valence-corrected chi connectivity index (χ3v) is 8.13. The fourth-order valence-corrected chi connectivity index (χ4v) is 5.31. The van der Waals surface area contributed by atoms with Crippen LogP contribution in [0.25, 0.3) is 0 Å². The van der Waals surface area contributed by atoms with Gasteiger partial charge in [0.25, 0.3) is 0 Å². The zero-order valence-electron chi connectivity index (χ0n) is 27.6. The predicted molar refractivity (Wildman–Crippen MR) is 172 cm³/mol. The van der Waals surface area contributed by atoms with Crippen LogP contribution in [0.4, 0.5) is 0 Å². The maximum absolute atomic E-state index is 11.2. The Balaban J connectivity index is 0.00000588. The standard InChI is InChI=1S/C36H54N2O2.Mn/c1-33(2,3)25-17-23(31(39)27(19-25)35(7,8)9)21-37-29-15-13-14-16-30(29)38-22-24-18-26(34(4,5)6)20-28(32(24)40)36(10,11)12;/h17-22,29-30,39-40H,13-16H2,1-12H3;. The van der Waals surface area contributed by atoms with Crippen molar-refractivity contribution in [3.05, 3.63) is 57.6 Å². The van der Waals surface area contributed by atoms with Crippen LogP contribution in [0.2, 0.25) is 0 Å². The molecular weight excluding hydrogens is 547 g/mol. The van der Waals surface area contributed by atoms with Crippen molar-refractivity contribution in [3.63, 3.8) is 0 Å². The Hall–Kier alpha value is -2.10. The zero-order valence-corrected chi connectivity index (χ0v) is 28.8. The summed E-state index contributed by atoms with van der Waals surface area (Å²) in [5.74, 6) is 0.637. The van der Waals surface area contributed by atoms with Gasteiger partial charge >= 0.3 is 0 Å². The summed E-state index contributed by atoms with van der Waals surface area (Å²) >= 11 is 0. The van der Waals surface area contributed by atoms with E-state index in [4.69, 9.17) is 9.98 Å². The van der Waals surface area contributed by atoms with E-state index in [0.29, 0.717) is 11.5 Å². The number of aliphatic imine (C=N–C) groups is 2. The first-order valence-electron chi connectivity index (χ1n) is 15.0. The van der Waals surface area contributed by atoms with Gasteiger partial charge in [0.2, 0.25) is 0 Å². The van der Waals surface area contributed by atoms with Gasteiger partial charge in [-0.1, -0.05) is 108 Å². The van der Waals surface area contributed by atoms with E-state index in [1.54, 1.807) is 0 Å². The minimum absolute atomic E-state index is 0. The summed E-state index contributed by atoms with van der Waals surface area (Å²) < 4.78 is 0. The van der Waals surface area contributed by atoms with Crippen molar-refractivity contribution in [3.8, 4) is 11.5 Å². The predicted octanol–water partition coefficient (Wildman–Crippen LogP) is 9.13. The molecule has 41 heavy (non-hydrogen) atoms. The van der Waals surface area contributed by atoms with Gasteiger partial charge in [0.15, 0.2) is 0 Å². The molecular formula is C36H54MnN2O2. The van der Waals surface area contributed by atoms with Gasteiger partial charge in [0.1, 0.15) is 11.5 Å². The maximum atomic E-state index is 11.2. The minimum atomic E-state index is -0.179. The molecule has 0 aromatic heterocycles. The second-order valence-electron chi connectivity index (χ2n) is 15.9. The van der Waals surface area contributed by atoms with Crippen molar-refractivity contribution < 1.29 is 27.3 Å². The Morgan fingerprint density at radius 3 is 1.15 bits per heavy atom. The third-order valence-electron chi connectivity index (χ3n) is 8.13. The molecule has 2 aromatic carbocycles. The van der Waals surface area contributed by atoms with E-state index >= 15 is 0 Å². The smallest absolute Gasteiger partial charge is 0.128 e. The van der Waals surface area contributed by atoms with Crippen LogP contribution in [-0.2, 0) is 38.7 Å². The number of rotatable bonds is 4. The molecule has 0 saturated heterocycles. The van der Waals surface area contributed by atoms with Crippen molar-refractivity contribution in [2.45, 2.75) is 143 Å². The molecule has 2 aromatic rings. The monoisotopic (exact) mass is 601 g/mol. The molecule has 227 valence electrons. The van der Waals surface area contributed by atoms with Gasteiger partial charge in [-0.15, -0.1) is 0 Å². The molecule has 1 aliphatic rings. The van der Waals surface area contributed by atoms with Crippen molar-refractivity contribution >= 4 is 12.4 Å². The first kappa shape index (κ1) is 35.1.